The zero-order chi connectivity index (χ0) is 23.5. The number of likely N-dealkylation sites (N-methyl/N-ethyl adjacent to an activating group) is 1. The van der Waals surface area contributed by atoms with Gasteiger partial charge in [-0.3, -0.25) is 9.80 Å². The smallest absolute Gasteiger partial charge is 0.254 e. The van der Waals surface area contributed by atoms with Crippen molar-refractivity contribution in [2.45, 2.75) is 45.5 Å². The van der Waals surface area contributed by atoms with Gasteiger partial charge in [0.1, 0.15) is 5.82 Å². The van der Waals surface area contributed by atoms with E-state index >= 15 is 0 Å². The van der Waals surface area contributed by atoms with Gasteiger partial charge in [-0.2, -0.15) is 0 Å². The normalized spacial score (nSPS) is 18.0. The second-order valence-corrected chi connectivity index (χ2v) is 9.28. The molecule has 1 saturated heterocycles. The summed E-state index contributed by atoms with van der Waals surface area (Å²) in [7, 11) is 3.78. The van der Waals surface area contributed by atoms with Gasteiger partial charge in [-0.25, -0.2) is 10.4 Å². The molecule has 0 radical (unpaired) electrons. The van der Waals surface area contributed by atoms with E-state index in [1.807, 2.05) is 11.0 Å². The summed E-state index contributed by atoms with van der Waals surface area (Å²) in [5.74, 6) is 0.902. The number of methoxy groups -OCH3 is 1. The van der Waals surface area contributed by atoms with Crippen LogP contribution in [-0.2, 0) is 17.8 Å². The Morgan fingerprint density at radius 1 is 1.36 bits per heavy atom. The Balaban J connectivity index is 1.72. The van der Waals surface area contributed by atoms with Crippen molar-refractivity contribution in [3.63, 3.8) is 0 Å². The quantitative estimate of drug-likeness (QED) is 0.635. The molecule has 178 valence electrons. The zero-order valence-corrected chi connectivity index (χ0v) is 20.2. The number of benzene rings is 1. The molecule has 1 aromatic carbocycles. The van der Waals surface area contributed by atoms with E-state index in [1.165, 1.54) is 5.56 Å². The lowest BCUT2D eigenvalue weighted by atomic mass is 10.0. The minimum Gasteiger partial charge on any atom is -0.380 e. The fourth-order valence-electron chi connectivity index (χ4n) is 4.65. The number of carbonyl (C=O) groups is 1. The number of likely N-dealkylation sites (tertiary alicyclic amines) is 1. The third-order valence-corrected chi connectivity index (χ3v) is 6.46. The van der Waals surface area contributed by atoms with Crippen molar-refractivity contribution in [1.82, 2.24) is 20.2 Å². The summed E-state index contributed by atoms with van der Waals surface area (Å²) in [6.45, 7) is 8.48. The second kappa shape index (κ2) is 10.2. The number of rotatable bonds is 8. The first-order chi connectivity index (χ1) is 15.9. The van der Waals surface area contributed by atoms with E-state index in [-0.39, 0.29) is 18.1 Å². The number of hydrogen-bond donors (Lipinski definition) is 2. The van der Waals surface area contributed by atoms with E-state index in [0.717, 1.165) is 47.7 Å². The number of nitrogens with two attached hydrogens (primary N) is 1. The molecule has 2 aromatic rings. The van der Waals surface area contributed by atoms with Crippen LogP contribution in [0.1, 0.15) is 41.8 Å². The van der Waals surface area contributed by atoms with Gasteiger partial charge in [0, 0.05) is 69.1 Å². The van der Waals surface area contributed by atoms with Crippen molar-refractivity contribution >= 4 is 11.7 Å². The minimum absolute atomic E-state index is 0.0562. The minimum atomic E-state index is 0.0562. The lowest BCUT2D eigenvalue weighted by molar-refractivity contribution is 0.0723. The Bertz CT molecular complexity index is 995. The molecule has 1 aromatic heterocycles. The van der Waals surface area contributed by atoms with Gasteiger partial charge in [0.25, 0.3) is 5.91 Å². The van der Waals surface area contributed by atoms with Crippen LogP contribution >= 0.6 is 0 Å². The maximum absolute atomic E-state index is 13.6. The Morgan fingerprint density at radius 2 is 2.18 bits per heavy atom. The van der Waals surface area contributed by atoms with Crippen LogP contribution in [0.3, 0.4) is 0 Å². The van der Waals surface area contributed by atoms with Crippen molar-refractivity contribution in [2.75, 3.05) is 45.3 Å². The van der Waals surface area contributed by atoms with Crippen LogP contribution in [-0.4, -0.2) is 73.2 Å². The van der Waals surface area contributed by atoms with E-state index in [2.05, 4.69) is 60.5 Å². The third-order valence-electron chi connectivity index (χ3n) is 6.46. The van der Waals surface area contributed by atoms with Crippen molar-refractivity contribution in [3.05, 3.63) is 47.0 Å². The highest BCUT2D eigenvalue weighted by Gasteiger charge is 2.33. The highest BCUT2D eigenvalue weighted by atomic mass is 16.5. The van der Waals surface area contributed by atoms with Gasteiger partial charge in [0.15, 0.2) is 0 Å². The summed E-state index contributed by atoms with van der Waals surface area (Å²) < 4.78 is 5.49. The number of nitrogens with one attached hydrogen (secondary N) is 1. The number of amides is 1. The Labute approximate surface area is 196 Å². The maximum atomic E-state index is 13.6. The van der Waals surface area contributed by atoms with Crippen LogP contribution < -0.4 is 16.2 Å². The predicted octanol–water partition coefficient (Wildman–Crippen LogP) is 2.23. The lowest BCUT2D eigenvalue weighted by Gasteiger charge is -2.24. The van der Waals surface area contributed by atoms with Gasteiger partial charge in [0.2, 0.25) is 0 Å². The summed E-state index contributed by atoms with van der Waals surface area (Å²) in [5, 5.41) is 2.07. The van der Waals surface area contributed by atoms with E-state index in [0.29, 0.717) is 26.2 Å². The van der Waals surface area contributed by atoms with Crippen LogP contribution in [0.4, 0.5) is 5.82 Å². The number of nitrogens with zero attached hydrogens (tertiary/aromatic N) is 4. The van der Waals surface area contributed by atoms with Crippen molar-refractivity contribution in [2.24, 2.45) is 5.73 Å². The van der Waals surface area contributed by atoms with Gasteiger partial charge >= 0.3 is 0 Å². The van der Waals surface area contributed by atoms with Gasteiger partial charge in [-0.05, 0) is 45.0 Å². The number of carbonyl (C=O) groups excluding carboxylic acids is 1. The number of hydrogen-bond acceptors (Lipinski definition) is 7. The molecule has 0 bridgehead atoms. The maximum Gasteiger partial charge on any atom is 0.254 e. The largest absolute Gasteiger partial charge is 0.380 e. The highest BCUT2D eigenvalue weighted by molar-refractivity contribution is 5.98. The molecule has 0 aliphatic carbocycles. The van der Waals surface area contributed by atoms with Crippen molar-refractivity contribution in [1.29, 1.82) is 0 Å². The molecular formula is C25H36N6O2. The van der Waals surface area contributed by atoms with Crippen LogP contribution in [0, 0.1) is 0 Å². The molecule has 3 heterocycles. The number of anilines is 1. The third kappa shape index (κ3) is 5.04. The topological polar surface area (TPSA) is 87.0 Å². The van der Waals surface area contributed by atoms with Gasteiger partial charge < -0.3 is 20.3 Å². The summed E-state index contributed by atoms with van der Waals surface area (Å²) in [5.41, 5.74) is 13.8. The zero-order valence-electron chi connectivity index (χ0n) is 20.2. The standard InChI is InChI=1S/C25H36N6O2/c1-17(2)31-24-22(14-27-31)21(25(32)30-10-8-20(16-30)33-4)13-23(28-24)19-7-5-6-18(12-19)15-29(3)11-9-26/h5-7,12-13,17,20,27H,8-11,14-16,26H2,1-4H3. The van der Waals surface area contributed by atoms with E-state index in [4.69, 9.17) is 15.5 Å². The highest BCUT2D eigenvalue weighted by Crippen LogP contribution is 2.33. The fourth-order valence-corrected chi connectivity index (χ4v) is 4.65. The number of ether oxygens (including phenoxy) is 1. The molecule has 4 rings (SSSR count). The van der Waals surface area contributed by atoms with Crippen LogP contribution in [0.25, 0.3) is 11.3 Å². The predicted molar refractivity (Wildman–Crippen MR) is 131 cm³/mol. The summed E-state index contributed by atoms with van der Waals surface area (Å²) in [4.78, 5) is 22.7. The van der Waals surface area contributed by atoms with Crippen molar-refractivity contribution < 1.29 is 9.53 Å². The van der Waals surface area contributed by atoms with Gasteiger partial charge in [-0.1, -0.05) is 18.2 Å². The summed E-state index contributed by atoms with van der Waals surface area (Å²) in [6, 6.07) is 10.6. The Kier molecular flexibility index (Phi) is 7.29. The molecule has 33 heavy (non-hydrogen) atoms. The molecule has 3 N–H and O–H groups in total. The summed E-state index contributed by atoms with van der Waals surface area (Å²) in [6.07, 6.45) is 0.979. The fraction of sp³-hybridized carbons (Fsp3) is 0.520. The van der Waals surface area contributed by atoms with E-state index in [1.54, 1.807) is 7.11 Å². The Morgan fingerprint density at radius 3 is 2.88 bits per heavy atom. The van der Waals surface area contributed by atoms with Gasteiger partial charge in [-0.15, -0.1) is 0 Å². The van der Waals surface area contributed by atoms with Crippen LogP contribution in [0.2, 0.25) is 0 Å². The molecular weight excluding hydrogens is 416 g/mol. The average molecular weight is 453 g/mol. The number of fused-ring (bicyclic) bond motifs is 1. The SMILES string of the molecule is COC1CCN(C(=O)c2cc(-c3cccc(CN(C)CCN)c3)nc3c2CNN3C(C)C)C1. The molecule has 8 nitrogen and oxygen atoms in total. The molecule has 0 spiro atoms. The Hall–Kier alpha value is -2.52. The molecule has 2 aliphatic rings. The number of pyridine rings is 1. The first-order valence-electron chi connectivity index (χ1n) is 11.8. The summed E-state index contributed by atoms with van der Waals surface area (Å²) >= 11 is 0. The van der Waals surface area contributed by atoms with E-state index in [9.17, 15) is 4.79 Å². The molecule has 8 heteroatoms. The molecule has 1 unspecified atom stereocenters. The van der Waals surface area contributed by atoms with Crippen molar-refractivity contribution in [3.8, 4) is 11.3 Å². The first-order valence-corrected chi connectivity index (χ1v) is 11.8. The van der Waals surface area contributed by atoms with Crippen LogP contribution in [0.15, 0.2) is 30.3 Å². The molecule has 1 atom stereocenters. The molecule has 0 saturated carbocycles. The first kappa shape index (κ1) is 23.6. The molecule has 2 aliphatic heterocycles. The second-order valence-electron chi connectivity index (χ2n) is 9.28. The average Bonchev–Trinajstić information content (AvgIpc) is 3.45. The molecule has 1 amide bonds. The van der Waals surface area contributed by atoms with E-state index < -0.39 is 0 Å². The number of hydrazine groups is 1. The van der Waals surface area contributed by atoms with Gasteiger partial charge in [0.05, 0.1) is 11.8 Å². The van der Waals surface area contributed by atoms with Crippen LogP contribution in [0.5, 0.6) is 0 Å². The molecule has 1 fully saturated rings. The lowest BCUT2D eigenvalue weighted by Crippen LogP contribution is -2.38. The monoisotopic (exact) mass is 452 g/mol. The number of aromatic nitrogens is 1.